The quantitative estimate of drug-likeness (QED) is 0.105. The minimum Gasteiger partial charge on any atom is -0.434 e. The van der Waals surface area contributed by atoms with Crippen LogP contribution < -0.4 is 5.32 Å². The van der Waals surface area contributed by atoms with Gasteiger partial charge in [-0.3, -0.25) is 4.79 Å². The number of nitrogens with one attached hydrogen (secondary N) is 1. The van der Waals surface area contributed by atoms with Crippen LogP contribution in [0.4, 0.5) is 4.79 Å². The molecule has 3 N–H and O–H groups in total. The Labute approximate surface area is 232 Å². The van der Waals surface area contributed by atoms with Crippen LogP contribution in [0.2, 0.25) is 0 Å². The average Bonchev–Trinajstić information content (AvgIpc) is 3.20. The maximum Gasteiger partial charge on any atom is 0.508 e. The molecule has 1 fully saturated rings. The highest BCUT2D eigenvalue weighted by Crippen LogP contribution is 2.38. The van der Waals surface area contributed by atoms with Gasteiger partial charge in [0.15, 0.2) is 0 Å². The lowest BCUT2D eigenvalue weighted by molar-refractivity contribution is -0.121. The second-order valence-electron chi connectivity index (χ2n) is 9.72. The van der Waals surface area contributed by atoms with Crippen LogP contribution in [0.15, 0.2) is 54.6 Å². The largest absolute Gasteiger partial charge is 0.508 e. The molecule has 0 spiro atoms. The van der Waals surface area contributed by atoms with E-state index in [4.69, 9.17) is 21.1 Å². The third-order valence-electron chi connectivity index (χ3n) is 6.74. The zero-order valence-corrected chi connectivity index (χ0v) is 23.2. The lowest BCUT2D eigenvalue weighted by atomic mass is 9.89. The minimum absolute atomic E-state index is 0.0534. The molecule has 38 heavy (non-hydrogen) atoms. The number of rotatable bonds is 17. The number of hydrogen-bond acceptors (Lipinski definition) is 6. The zero-order valence-electron chi connectivity index (χ0n) is 22.5. The summed E-state index contributed by atoms with van der Waals surface area (Å²) in [5.74, 6) is 0.138. The summed E-state index contributed by atoms with van der Waals surface area (Å²) in [4.78, 5) is 23.9. The van der Waals surface area contributed by atoms with Crippen molar-refractivity contribution in [1.29, 1.82) is 0 Å². The maximum atomic E-state index is 12.3. The van der Waals surface area contributed by atoms with Crippen molar-refractivity contribution in [3.05, 3.63) is 60.2 Å². The molecule has 1 aliphatic rings. The number of hydrogen-bond donors (Lipinski definition) is 3. The van der Waals surface area contributed by atoms with E-state index in [2.05, 4.69) is 5.32 Å². The van der Waals surface area contributed by atoms with E-state index >= 15 is 0 Å². The Morgan fingerprint density at radius 3 is 2.71 bits per heavy atom. The topological polar surface area (TPSA) is 105 Å². The molecule has 0 saturated heterocycles. The summed E-state index contributed by atoms with van der Waals surface area (Å²) >= 11 is 5.67. The van der Waals surface area contributed by atoms with Crippen LogP contribution in [0.5, 0.6) is 0 Å². The normalized spacial score (nSPS) is 22.1. The van der Waals surface area contributed by atoms with Gasteiger partial charge in [-0.25, -0.2) is 4.79 Å². The number of aliphatic hydroxyl groups is 2. The van der Waals surface area contributed by atoms with E-state index < -0.39 is 24.5 Å². The molecule has 0 radical (unpaired) electrons. The molecule has 5 atom stereocenters. The van der Waals surface area contributed by atoms with Gasteiger partial charge in [0.05, 0.1) is 18.8 Å². The molecule has 1 saturated carbocycles. The Kier molecular flexibility index (Phi) is 15.8. The number of halogens is 1. The van der Waals surface area contributed by atoms with Gasteiger partial charge in [0, 0.05) is 31.2 Å². The molecule has 2 rings (SSSR count). The number of ether oxygens (including phenoxy) is 2. The lowest BCUT2D eigenvalue weighted by Crippen LogP contribution is -2.25. The summed E-state index contributed by atoms with van der Waals surface area (Å²) in [5.41, 5.74) is 1.16. The summed E-state index contributed by atoms with van der Waals surface area (Å²) in [6, 6.07) is 9.99. The second kappa shape index (κ2) is 18.8. The lowest BCUT2D eigenvalue weighted by Gasteiger charge is -2.22. The molecule has 0 bridgehead atoms. The van der Waals surface area contributed by atoms with E-state index in [-0.39, 0.29) is 24.3 Å². The summed E-state index contributed by atoms with van der Waals surface area (Å²) in [7, 11) is 0. The van der Waals surface area contributed by atoms with Crippen LogP contribution in [-0.4, -0.2) is 59.6 Å². The van der Waals surface area contributed by atoms with Crippen molar-refractivity contribution >= 4 is 23.7 Å². The molecule has 1 aromatic rings. The molecule has 1 amide bonds. The van der Waals surface area contributed by atoms with Crippen molar-refractivity contribution in [2.75, 3.05) is 19.0 Å². The number of unbranched alkanes of at least 4 members (excludes halogenated alkanes) is 2. The highest BCUT2D eigenvalue weighted by molar-refractivity contribution is 6.17. The van der Waals surface area contributed by atoms with Crippen molar-refractivity contribution in [2.45, 2.75) is 83.0 Å². The smallest absolute Gasteiger partial charge is 0.434 e. The number of alkyl halides is 1. The standard InChI is InChI=1S/C30H44ClNO6/c1-2-32-29(35)15-9-4-3-8-14-25-26(19-18-24(33)17-16-23-12-6-5-7-13-23)28(22-27(25)34)38-30(36)37-21-11-10-20-31/h3,5-8,12-13,18-19,24-28,33-34H,2,4,9-11,14-17,20-22H2,1H3,(H,32,35)/b8-3-,19-18+/t24-,25+,26+,27-,28+/m0/s1. The third kappa shape index (κ3) is 12.5. The number of carbonyl (C=O) groups is 2. The molecule has 0 unspecified atom stereocenters. The van der Waals surface area contributed by atoms with Crippen LogP contribution in [0.1, 0.15) is 63.9 Å². The predicted molar refractivity (Wildman–Crippen MR) is 150 cm³/mol. The number of aliphatic hydroxyl groups excluding tert-OH is 2. The fraction of sp³-hybridized carbons (Fsp3) is 0.600. The monoisotopic (exact) mass is 549 g/mol. The summed E-state index contributed by atoms with van der Waals surface area (Å²) in [5, 5.41) is 24.2. The number of amides is 1. The van der Waals surface area contributed by atoms with E-state index in [1.165, 1.54) is 0 Å². The van der Waals surface area contributed by atoms with Gasteiger partial charge >= 0.3 is 6.16 Å². The van der Waals surface area contributed by atoms with Gasteiger partial charge in [-0.05, 0) is 63.4 Å². The van der Waals surface area contributed by atoms with Crippen molar-refractivity contribution in [3.8, 4) is 0 Å². The zero-order chi connectivity index (χ0) is 27.6. The number of carbonyl (C=O) groups excluding carboxylic acids is 2. The predicted octanol–water partition coefficient (Wildman–Crippen LogP) is 5.33. The fourth-order valence-electron chi connectivity index (χ4n) is 4.67. The van der Waals surface area contributed by atoms with E-state index in [1.807, 2.05) is 55.5 Å². The first kappa shape index (κ1) is 31.9. The minimum atomic E-state index is -0.749. The molecule has 1 aliphatic carbocycles. The van der Waals surface area contributed by atoms with Crippen molar-refractivity contribution in [2.24, 2.45) is 11.8 Å². The Hall–Kier alpha value is -2.35. The van der Waals surface area contributed by atoms with E-state index in [9.17, 15) is 19.8 Å². The van der Waals surface area contributed by atoms with Gasteiger partial charge < -0.3 is 25.0 Å². The molecular weight excluding hydrogens is 506 g/mol. The molecule has 0 aromatic heterocycles. The number of allylic oxidation sites excluding steroid dienone is 2. The maximum absolute atomic E-state index is 12.3. The number of aryl methyl sites for hydroxylation is 1. The van der Waals surface area contributed by atoms with Crippen molar-refractivity contribution < 1.29 is 29.3 Å². The van der Waals surface area contributed by atoms with Crippen LogP contribution in [0.25, 0.3) is 0 Å². The van der Waals surface area contributed by atoms with Crippen molar-refractivity contribution in [3.63, 3.8) is 0 Å². The summed E-state index contributed by atoms with van der Waals surface area (Å²) < 4.78 is 10.8. The van der Waals surface area contributed by atoms with Gasteiger partial charge in [0.25, 0.3) is 0 Å². The van der Waals surface area contributed by atoms with Crippen LogP contribution in [0, 0.1) is 11.8 Å². The molecule has 212 valence electrons. The SMILES string of the molecule is CCNC(=O)CCC/C=C\C[C@@H]1[C@@H](/C=C/[C@@H](O)CCc2ccccc2)[C@H](OC(=O)OCCCCCl)C[C@@H]1O. The first-order valence-electron chi connectivity index (χ1n) is 13.8. The first-order valence-corrected chi connectivity index (χ1v) is 14.4. The Morgan fingerprint density at radius 2 is 1.97 bits per heavy atom. The van der Waals surface area contributed by atoms with Crippen LogP contribution in [0.3, 0.4) is 0 Å². The molecule has 0 heterocycles. The van der Waals surface area contributed by atoms with Gasteiger partial charge in [-0.2, -0.15) is 0 Å². The van der Waals surface area contributed by atoms with E-state index in [0.29, 0.717) is 44.5 Å². The van der Waals surface area contributed by atoms with Crippen LogP contribution in [-0.2, 0) is 20.7 Å². The summed E-state index contributed by atoms with van der Waals surface area (Å²) in [6.45, 7) is 2.77. The van der Waals surface area contributed by atoms with Crippen LogP contribution >= 0.6 is 11.6 Å². The molecule has 0 aliphatic heterocycles. The highest BCUT2D eigenvalue weighted by atomic mass is 35.5. The second-order valence-corrected chi connectivity index (χ2v) is 10.1. The highest BCUT2D eigenvalue weighted by Gasteiger charge is 2.43. The Morgan fingerprint density at radius 1 is 1.18 bits per heavy atom. The average molecular weight is 550 g/mol. The Balaban J connectivity index is 1.96. The van der Waals surface area contributed by atoms with Gasteiger partial charge in [0.2, 0.25) is 5.91 Å². The van der Waals surface area contributed by atoms with Gasteiger partial charge in [-0.15, -0.1) is 11.6 Å². The fourth-order valence-corrected chi connectivity index (χ4v) is 4.86. The molecule has 7 nitrogen and oxygen atoms in total. The Bertz CT molecular complexity index is 862. The van der Waals surface area contributed by atoms with E-state index in [1.54, 1.807) is 6.08 Å². The van der Waals surface area contributed by atoms with Gasteiger partial charge in [-0.1, -0.05) is 54.6 Å². The van der Waals surface area contributed by atoms with Gasteiger partial charge in [0.1, 0.15) is 6.10 Å². The molecule has 8 heteroatoms. The van der Waals surface area contributed by atoms with E-state index in [0.717, 1.165) is 31.2 Å². The molecule has 1 aromatic carbocycles. The third-order valence-corrected chi connectivity index (χ3v) is 7.01. The van der Waals surface area contributed by atoms with Crippen molar-refractivity contribution in [1.82, 2.24) is 5.32 Å². The number of benzene rings is 1. The molecular formula is C30H44ClNO6. The first-order chi connectivity index (χ1) is 18.4. The summed E-state index contributed by atoms with van der Waals surface area (Å²) in [6.07, 6.45) is 10.7.